The first kappa shape index (κ1) is 31.3. The highest BCUT2D eigenvalue weighted by atomic mass is 16.3. The van der Waals surface area contributed by atoms with Gasteiger partial charge in [-0.25, -0.2) is 4.79 Å². The molecule has 6 rings (SSSR count). The zero-order chi connectivity index (χ0) is 33.3. The molecule has 1 aromatic heterocycles. The lowest BCUT2D eigenvalue weighted by Crippen LogP contribution is -2.38. The molecule has 238 valence electrons. The minimum Gasteiger partial charge on any atom is -0.494 e. The van der Waals surface area contributed by atoms with E-state index in [0.29, 0.717) is 18.4 Å². The second kappa shape index (κ2) is 11.0. The molecule has 3 aliphatic rings. The lowest BCUT2D eigenvalue weighted by atomic mass is 9.77. The van der Waals surface area contributed by atoms with Gasteiger partial charge in [-0.05, 0) is 75.0 Å². The number of aromatic nitrogens is 2. The quantitative estimate of drug-likeness (QED) is 0.316. The minimum atomic E-state index is -0.569. The van der Waals surface area contributed by atoms with Gasteiger partial charge in [-0.1, -0.05) is 62.9 Å². The Bertz CT molecular complexity index is 2060. The number of hydrogen-bond donors (Lipinski definition) is 1. The summed E-state index contributed by atoms with van der Waals surface area (Å²) in [4.78, 5) is 29.0. The summed E-state index contributed by atoms with van der Waals surface area (Å²) in [6, 6.07) is 17.0. The summed E-state index contributed by atoms with van der Waals surface area (Å²) in [5.41, 5.74) is 9.04. The molecule has 0 amide bonds. The van der Waals surface area contributed by atoms with Gasteiger partial charge in [-0.3, -0.25) is 13.9 Å². The third-order valence-electron chi connectivity index (χ3n) is 10.4. The molecule has 0 saturated carbocycles. The second-order valence-corrected chi connectivity index (χ2v) is 13.6. The first-order valence-electron chi connectivity index (χ1n) is 16.2. The summed E-state index contributed by atoms with van der Waals surface area (Å²) < 4.78 is 4.55. The number of aromatic hydroxyl groups is 1. The van der Waals surface area contributed by atoms with Crippen LogP contribution in [0.3, 0.4) is 0 Å². The highest BCUT2D eigenvalue weighted by Crippen LogP contribution is 2.50. The van der Waals surface area contributed by atoms with E-state index in [4.69, 9.17) is 6.58 Å². The van der Waals surface area contributed by atoms with E-state index >= 15 is 0 Å². The maximum Gasteiger partial charge on any atom is 0.333 e. The third kappa shape index (κ3) is 4.35. The molecule has 0 spiro atoms. The van der Waals surface area contributed by atoms with Crippen LogP contribution in [0.2, 0.25) is 0 Å². The van der Waals surface area contributed by atoms with Crippen LogP contribution in [0.5, 0.6) is 5.88 Å². The molecule has 2 aromatic carbocycles. The monoisotopic (exact) mass is 617 g/mol. The van der Waals surface area contributed by atoms with Crippen molar-refractivity contribution in [2.45, 2.75) is 65.2 Å². The molecule has 7 heteroatoms. The zero-order valence-electron chi connectivity index (χ0n) is 28.4. The Hall–Kier alpha value is -4.65. The number of likely N-dealkylation sites (N-methyl/N-ethyl adjacent to an activating group) is 1. The van der Waals surface area contributed by atoms with E-state index < -0.39 is 11.2 Å². The molecular weight excluding hydrogens is 572 g/mol. The van der Waals surface area contributed by atoms with Crippen molar-refractivity contribution in [2.75, 3.05) is 18.0 Å². The van der Waals surface area contributed by atoms with Gasteiger partial charge in [0.1, 0.15) is 12.1 Å². The fourth-order valence-electron chi connectivity index (χ4n) is 8.03. The maximum atomic E-state index is 13.9. The number of para-hydroxylation sites is 2. The summed E-state index contributed by atoms with van der Waals surface area (Å²) in [6.07, 6.45) is 5.62. The number of allylic oxidation sites excluding steroid dienone is 7. The van der Waals surface area contributed by atoms with Gasteiger partial charge in [0.15, 0.2) is 5.71 Å². The SMILES string of the molecule is C=C(C1=C(c2c(O)n(C)c(=O)n(C)c2=O)/C(=C/C=C2/N(CC)c3ccccc3C2(C)C)CC1)C1=[N+](CC)c2ccccc2C1(C)C. The van der Waals surface area contributed by atoms with E-state index in [1.54, 1.807) is 0 Å². The van der Waals surface area contributed by atoms with Crippen LogP contribution >= 0.6 is 0 Å². The average molecular weight is 618 g/mol. The summed E-state index contributed by atoms with van der Waals surface area (Å²) in [7, 11) is 2.96. The highest BCUT2D eigenvalue weighted by Gasteiger charge is 2.48. The third-order valence-corrected chi connectivity index (χ3v) is 10.4. The van der Waals surface area contributed by atoms with E-state index in [9.17, 15) is 14.7 Å². The molecule has 46 heavy (non-hydrogen) atoms. The number of anilines is 1. The highest BCUT2D eigenvalue weighted by molar-refractivity contribution is 6.12. The normalized spacial score (nSPS) is 19.9. The second-order valence-electron chi connectivity index (χ2n) is 13.6. The lowest BCUT2D eigenvalue weighted by Gasteiger charge is -2.26. The Labute approximate surface area is 271 Å². The lowest BCUT2D eigenvalue weighted by molar-refractivity contribution is -0.433. The van der Waals surface area contributed by atoms with Crippen molar-refractivity contribution in [3.8, 4) is 5.88 Å². The number of fused-ring (bicyclic) bond motifs is 2. The Morgan fingerprint density at radius 3 is 2.24 bits per heavy atom. The van der Waals surface area contributed by atoms with Crippen LogP contribution in [0.15, 0.2) is 99.3 Å². The summed E-state index contributed by atoms with van der Waals surface area (Å²) >= 11 is 0. The van der Waals surface area contributed by atoms with Crippen molar-refractivity contribution >= 4 is 22.7 Å². The first-order valence-corrected chi connectivity index (χ1v) is 16.2. The van der Waals surface area contributed by atoms with E-state index in [1.807, 2.05) is 0 Å². The van der Waals surface area contributed by atoms with Gasteiger partial charge in [0.25, 0.3) is 5.56 Å². The van der Waals surface area contributed by atoms with Gasteiger partial charge < -0.3 is 10.0 Å². The fraction of sp³-hybridized carbons (Fsp3) is 0.359. The van der Waals surface area contributed by atoms with Crippen LogP contribution in [-0.4, -0.2) is 37.6 Å². The first-order chi connectivity index (χ1) is 21.8. The molecule has 3 aromatic rings. The summed E-state index contributed by atoms with van der Waals surface area (Å²) in [5.74, 6) is -0.330. The van der Waals surface area contributed by atoms with Gasteiger partial charge in [0.05, 0.1) is 5.41 Å². The molecule has 0 radical (unpaired) electrons. The van der Waals surface area contributed by atoms with Gasteiger partial charge >= 0.3 is 5.69 Å². The van der Waals surface area contributed by atoms with Crippen molar-refractivity contribution in [3.63, 3.8) is 0 Å². The van der Waals surface area contributed by atoms with Crippen molar-refractivity contribution in [2.24, 2.45) is 14.1 Å². The zero-order valence-corrected chi connectivity index (χ0v) is 28.4. The van der Waals surface area contributed by atoms with Crippen LogP contribution in [0.4, 0.5) is 11.4 Å². The maximum absolute atomic E-state index is 13.9. The topological polar surface area (TPSA) is 70.5 Å². The molecule has 3 heterocycles. The molecule has 0 bridgehead atoms. The molecule has 1 aliphatic carbocycles. The molecule has 0 saturated heterocycles. The van der Waals surface area contributed by atoms with E-state index in [1.165, 1.54) is 36.6 Å². The molecule has 0 fully saturated rings. The Kier molecular flexibility index (Phi) is 7.50. The van der Waals surface area contributed by atoms with Crippen LogP contribution in [0.25, 0.3) is 5.57 Å². The standard InChI is InChI=1S/C39H44N4O3/c1-10-42-29-18-14-12-16-27(29)38(4,5)31(42)23-21-25-20-22-26(32(25)33-35(44)40(8)37(46)41(9)36(33)45)24(3)34-39(6,7)28-17-13-15-19-30(28)43(34)11-2/h12-19,21,23H,3,10-11,20,22H2,1-2,4-9H3/p+1/b25-21+,31-23+. The molecule has 2 aliphatic heterocycles. The van der Waals surface area contributed by atoms with Crippen molar-refractivity contribution in [3.05, 3.63) is 127 Å². The minimum absolute atomic E-state index is 0.140. The Balaban J connectivity index is 1.60. The van der Waals surface area contributed by atoms with Gasteiger partial charge in [-0.15, -0.1) is 0 Å². The molecule has 0 atom stereocenters. The van der Waals surface area contributed by atoms with Crippen LogP contribution < -0.4 is 16.1 Å². The van der Waals surface area contributed by atoms with Gasteiger partial charge in [0.2, 0.25) is 11.6 Å². The van der Waals surface area contributed by atoms with Crippen molar-refractivity contribution in [1.29, 1.82) is 0 Å². The molecule has 1 N–H and O–H groups in total. The van der Waals surface area contributed by atoms with Crippen LogP contribution in [0, 0.1) is 0 Å². The molecular formula is C39H45N4O3+. The molecule has 0 unspecified atom stereocenters. The van der Waals surface area contributed by atoms with E-state index in [-0.39, 0.29) is 22.3 Å². The summed E-state index contributed by atoms with van der Waals surface area (Å²) in [5, 5.41) is 11.4. The number of nitrogens with zero attached hydrogens (tertiary/aromatic N) is 4. The van der Waals surface area contributed by atoms with Gasteiger partial charge in [-0.2, -0.15) is 4.58 Å². The smallest absolute Gasteiger partial charge is 0.333 e. The van der Waals surface area contributed by atoms with E-state index in [0.717, 1.165) is 50.3 Å². The number of hydrogen-bond acceptors (Lipinski definition) is 4. The predicted octanol–water partition coefficient (Wildman–Crippen LogP) is 6.62. The van der Waals surface area contributed by atoms with Crippen molar-refractivity contribution in [1.82, 2.24) is 9.13 Å². The van der Waals surface area contributed by atoms with Crippen LogP contribution in [-0.2, 0) is 24.9 Å². The predicted molar refractivity (Wildman–Crippen MR) is 187 cm³/mol. The Morgan fingerprint density at radius 1 is 0.913 bits per heavy atom. The van der Waals surface area contributed by atoms with E-state index in [2.05, 4.69) is 112 Å². The largest absolute Gasteiger partial charge is 0.494 e. The fourth-order valence-corrected chi connectivity index (χ4v) is 8.03. The average Bonchev–Trinajstić information content (AvgIpc) is 3.63. The summed E-state index contributed by atoms with van der Waals surface area (Å²) in [6.45, 7) is 19.5. The van der Waals surface area contributed by atoms with Crippen molar-refractivity contribution < 1.29 is 9.68 Å². The Morgan fingerprint density at radius 2 is 1.57 bits per heavy atom. The number of benzene rings is 2. The molecule has 7 nitrogen and oxygen atoms in total. The van der Waals surface area contributed by atoms with Gasteiger partial charge in [0, 0.05) is 54.6 Å². The number of rotatable bonds is 6. The van der Waals surface area contributed by atoms with Crippen LogP contribution in [0.1, 0.15) is 71.1 Å².